The van der Waals surface area contributed by atoms with E-state index in [-0.39, 0.29) is 20.1 Å². The normalized spacial score (nSPS) is 11.4. The molecule has 2 aromatic heterocycles. The van der Waals surface area contributed by atoms with Crippen LogP contribution >= 0.6 is 0 Å². The van der Waals surface area contributed by atoms with E-state index in [9.17, 15) is 0 Å². The Balaban J connectivity index is 0.00000267. The molecule has 0 aliphatic carbocycles. The minimum absolute atomic E-state index is 0. The quantitative estimate of drug-likeness (QED) is 0.140. The number of rotatable bonds is 3. The van der Waals surface area contributed by atoms with Gasteiger partial charge >= 0.3 is 0 Å². The fraction of sp³-hybridized carbons (Fsp3) is 0.182. The zero-order valence-corrected chi connectivity index (χ0v) is 23.8. The molecule has 3 heteroatoms. The molecule has 36 heavy (non-hydrogen) atoms. The van der Waals surface area contributed by atoms with E-state index in [0.717, 1.165) is 23.1 Å². The van der Waals surface area contributed by atoms with Crippen LogP contribution in [0, 0.1) is 40.7 Å². The Labute approximate surface area is 226 Å². The number of nitrogens with zero attached hydrogens (tertiary/aromatic N) is 2. The maximum atomic E-state index is 5.15. The second kappa shape index (κ2) is 9.32. The van der Waals surface area contributed by atoms with E-state index in [1.54, 1.807) is 0 Å². The van der Waals surface area contributed by atoms with Gasteiger partial charge in [0.15, 0.2) is 0 Å². The largest absolute Gasteiger partial charge is 0.333 e. The van der Waals surface area contributed by atoms with Gasteiger partial charge < -0.3 is 4.40 Å². The van der Waals surface area contributed by atoms with Crippen LogP contribution in [0.4, 0.5) is 0 Å². The number of fused-ring (bicyclic) bond motifs is 6. The Bertz CT molecular complexity index is 1740. The number of aryl methyl sites for hydroxylation is 5. The van der Waals surface area contributed by atoms with Gasteiger partial charge in [-0.3, -0.25) is 4.98 Å². The van der Waals surface area contributed by atoms with E-state index in [2.05, 4.69) is 118 Å². The zero-order chi connectivity index (χ0) is 24.3. The molecule has 2 nitrogen and oxygen atoms in total. The number of benzene rings is 4. The third-order valence-electron chi connectivity index (χ3n) is 7.13. The van der Waals surface area contributed by atoms with Crippen LogP contribution in [0.15, 0.2) is 72.8 Å². The van der Waals surface area contributed by atoms with Crippen molar-refractivity contribution in [3.05, 3.63) is 118 Å². The molecule has 0 N–H and O–H groups in total. The molecule has 0 saturated heterocycles. The molecule has 0 saturated carbocycles. The zero-order valence-electron chi connectivity index (χ0n) is 21.4. The van der Waals surface area contributed by atoms with Gasteiger partial charge in [-0.1, -0.05) is 71.1 Å². The first-order valence-corrected chi connectivity index (χ1v) is 12.3. The van der Waals surface area contributed by atoms with E-state index >= 15 is 0 Å². The average Bonchev–Trinajstić information content (AvgIpc) is 3.16. The molecule has 0 bridgehead atoms. The second-order valence-corrected chi connectivity index (χ2v) is 9.96. The van der Waals surface area contributed by atoms with Gasteiger partial charge in [-0.25, -0.2) is 0 Å². The summed E-state index contributed by atoms with van der Waals surface area (Å²) >= 11 is 0. The molecule has 0 spiro atoms. The van der Waals surface area contributed by atoms with Crippen LogP contribution in [-0.4, -0.2) is 9.38 Å². The summed E-state index contributed by atoms with van der Waals surface area (Å²) in [5.74, 6) is 0. The molecule has 0 aliphatic heterocycles. The summed E-state index contributed by atoms with van der Waals surface area (Å²) in [6.07, 6.45) is 0.895. The molecule has 6 rings (SSSR count). The Morgan fingerprint density at radius 2 is 1.47 bits per heavy atom. The van der Waals surface area contributed by atoms with Gasteiger partial charge in [-0.2, -0.15) is 0 Å². The molecule has 6 aromatic rings. The summed E-state index contributed by atoms with van der Waals surface area (Å²) < 4.78 is 2.37. The van der Waals surface area contributed by atoms with E-state index < -0.39 is 0 Å². The predicted octanol–water partition coefficient (Wildman–Crippen LogP) is 8.24. The summed E-state index contributed by atoms with van der Waals surface area (Å²) in [5.41, 5.74) is 13.4. The van der Waals surface area contributed by atoms with E-state index in [1.165, 1.54) is 60.9 Å². The summed E-state index contributed by atoms with van der Waals surface area (Å²) in [4.78, 5) is 5.15. The van der Waals surface area contributed by atoms with Crippen molar-refractivity contribution in [2.75, 3.05) is 0 Å². The molecule has 0 unspecified atom stereocenters. The van der Waals surface area contributed by atoms with Crippen molar-refractivity contribution in [3.8, 4) is 11.3 Å². The van der Waals surface area contributed by atoms with Gasteiger partial charge in [0.2, 0.25) is 0 Å². The fourth-order valence-electron chi connectivity index (χ4n) is 5.71. The second-order valence-electron chi connectivity index (χ2n) is 9.96. The first-order chi connectivity index (χ1) is 16.9. The standard InChI is InChI=1S/C33H29N2.Ir/c1-20-11-13-27-29-19-26(18-25-9-7-6-8-10-25)12-14-28(29)33-34-24(5)32(35(33)30(27)17-20)31-22(3)15-21(2)16-23(31)4;/h6-13,15-17,19H,18H2,1-5H3;/q-1;. The van der Waals surface area contributed by atoms with Gasteiger partial charge in [-0.05, 0) is 69.2 Å². The summed E-state index contributed by atoms with van der Waals surface area (Å²) in [7, 11) is 0. The third kappa shape index (κ3) is 3.97. The van der Waals surface area contributed by atoms with Crippen molar-refractivity contribution >= 4 is 27.3 Å². The first-order valence-electron chi connectivity index (χ1n) is 12.3. The topological polar surface area (TPSA) is 17.3 Å². The van der Waals surface area contributed by atoms with Crippen molar-refractivity contribution in [1.29, 1.82) is 0 Å². The van der Waals surface area contributed by atoms with E-state index in [1.807, 2.05) is 0 Å². The van der Waals surface area contributed by atoms with Gasteiger partial charge in [0.1, 0.15) is 0 Å². The Morgan fingerprint density at radius 1 is 0.750 bits per heavy atom. The summed E-state index contributed by atoms with van der Waals surface area (Å²) in [6, 6.07) is 30.1. The summed E-state index contributed by atoms with van der Waals surface area (Å²) in [6.45, 7) is 10.9. The molecule has 0 atom stereocenters. The van der Waals surface area contributed by atoms with E-state index in [4.69, 9.17) is 4.98 Å². The minimum Gasteiger partial charge on any atom is -0.333 e. The maximum absolute atomic E-state index is 5.15. The van der Waals surface area contributed by atoms with Crippen LogP contribution in [-0.2, 0) is 26.5 Å². The number of imidazole rings is 1. The van der Waals surface area contributed by atoms with Gasteiger partial charge in [-0.15, -0.1) is 29.1 Å². The molecule has 4 aromatic carbocycles. The number of hydrogen-bond acceptors (Lipinski definition) is 1. The van der Waals surface area contributed by atoms with Gasteiger partial charge in [0.05, 0.1) is 17.0 Å². The molecular formula is C33H29IrN2-. The van der Waals surface area contributed by atoms with Crippen LogP contribution < -0.4 is 0 Å². The number of hydrogen-bond donors (Lipinski definition) is 0. The fourth-order valence-corrected chi connectivity index (χ4v) is 5.71. The number of pyridine rings is 1. The third-order valence-corrected chi connectivity index (χ3v) is 7.13. The molecule has 181 valence electrons. The molecular weight excluding hydrogens is 617 g/mol. The average molecular weight is 646 g/mol. The van der Waals surface area contributed by atoms with Crippen molar-refractivity contribution in [2.45, 2.75) is 41.0 Å². The smallest absolute Gasteiger partial charge is 0.0669 e. The molecule has 0 fully saturated rings. The predicted molar refractivity (Wildman–Crippen MR) is 147 cm³/mol. The van der Waals surface area contributed by atoms with Gasteiger partial charge in [0.25, 0.3) is 0 Å². The van der Waals surface area contributed by atoms with Crippen LogP contribution in [0.1, 0.15) is 39.1 Å². The van der Waals surface area contributed by atoms with Crippen LogP contribution in [0.3, 0.4) is 0 Å². The molecule has 1 radical (unpaired) electrons. The molecule has 2 heterocycles. The van der Waals surface area contributed by atoms with Crippen LogP contribution in [0.25, 0.3) is 38.6 Å². The number of aromatic nitrogens is 2. The van der Waals surface area contributed by atoms with Crippen LogP contribution in [0.5, 0.6) is 0 Å². The molecule has 0 amide bonds. The van der Waals surface area contributed by atoms with Crippen molar-refractivity contribution in [1.82, 2.24) is 9.38 Å². The molecule has 0 aliphatic rings. The SMILES string of the molecule is Cc1cc(C)c(-c2c(C)nc3c4[c-]cc(Cc5ccccc5)cc4c4ccc(C)cc4n23)c(C)c1.[Ir]. The van der Waals surface area contributed by atoms with Gasteiger partial charge in [0, 0.05) is 31.2 Å². The Hall–Kier alpha value is -3.26. The Kier molecular flexibility index (Phi) is 6.32. The van der Waals surface area contributed by atoms with Crippen molar-refractivity contribution < 1.29 is 20.1 Å². The Morgan fingerprint density at radius 3 is 2.19 bits per heavy atom. The maximum Gasteiger partial charge on any atom is 0.0669 e. The van der Waals surface area contributed by atoms with Crippen LogP contribution in [0.2, 0.25) is 0 Å². The van der Waals surface area contributed by atoms with Crippen molar-refractivity contribution in [3.63, 3.8) is 0 Å². The van der Waals surface area contributed by atoms with Crippen molar-refractivity contribution in [2.24, 2.45) is 0 Å². The first kappa shape index (κ1) is 24.4. The van der Waals surface area contributed by atoms with E-state index in [0.29, 0.717) is 0 Å². The summed E-state index contributed by atoms with van der Waals surface area (Å²) in [5, 5.41) is 3.54. The monoisotopic (exact) mass is 646 g/mol. The minimum atomic E-state index is 0.